The first-order chi connectivity index (χ1) is 12.0. The number of benzene rings is 2. The maximum atomic E-state index is 12.4. The fourth-order valence-corrected chi connectivity index (χ4v) is 2.91. The number of rotatable bonds is 5. The predicted octanol–water partition coefficient (Wildman–Crippen LogP) is 2.80. The molecule has 0 aliphatic carbocycles. The highest BCUT2D eigenvalue weighted by molar-refractivity contribution is 8.00. The van der Waals surface area contributed by atoms with Crippen molar-refractivity contribution in [3.05, 3.63) is 54.1 Å². The number of anilines is 1. The van der Waals surface area contributed by atoms with E-state index in [0.29, 0.717) is 10.8 Å². The first kappa shape index (κ1) is 17.0. The van der Waals surface area contributed by atoms with E-state index in [1.807, 2.05) is 31.2 Å². The molecule has 1 aromatic heterocycles. The quantitative estimate of drug-likeness (QED) is 0.684. The van der Waals surface area contributed by atoms with Crippen molar-refractivity contribution in [3.8, 4) is 11.4 Å². The van der Waals surface area contributed by atoms with Crippen LogP contribution in [0, 0.1) is 6.92 Å². The summed E-state index contributed by atoms with van der Waals surface area (Å²) in [6, 6.07) is 14.1. The van der Waals surface area contributed by atoms with Gasteiger partial charge in [-0.15, -0.1) is 5.10 Å². The first-order valence-electron chi connectivity index (χ1n) is 7.65. The normalized spacial score (nSPS) is 11.9. The molecule has 3 rings (SSSR count). The fourth-order valence-electron chi connectivity index (χ4n) is 2.10. The van der Waals surface area contributed by atoms with Gasteiger partial charge in [-0.25, -0.2) is 0 Å². The van der Waals surface area contributed by atoms with Crippen LogP contribution in [0.5, 0.6) is 5.75 Å². The van der Waals surface area contributed by atoms with Crippen LogP contribution in [-0.4, -0.2) is 36.5 Å². The average molecular weight is 355 g/mol. The molecule has 2 aromatic carbocycles. The Kier molecular flexibility index (Phi) is 4.99. The Balaban J connectivity index is 1.70. The van der Waals surface area contributed by atoms with Gasteiger partial charge in [-0.3, -0.25) is 4.79 Å². The van der Waals surface area contributed by atoms with Crippen LogP contribution >= 0.6 is 11.8 Å². The minimum absolute atomic E-state index is 0.130. The van der Waals surface area contributed by atoms with Crippen molar-refractivity contribution >= 4 is 23.4 Å². The molecule has 0 bridgehead atoms. The highest BCUT2D eigenvalue weighted by atomic mass is 32.2. The maximum absolute atomic E-state index is 12.4. The Hall–Kier alpha value is -2.87. The average Bonchev–Trinajstić information content (AvgIpc) is 3.05. The third-order valence-corrected chi connectivity index (χ3v) is 4.54. The van der Waals surface area contributed by atoms with Crippen LogP contribution in [0.3, 0.4) is 0 Å². The summed E-state index contributed by atoms with van der Waals surface area (Å²) in [6.07, 6.45) is 0. The Morgan fingerprint density at radius 1 is 1.16 bits per heavy atom. The molecule has 2 N–H and O–H groups in total. The second-order valence-corrected chi connectivity index (χ2v) is 6.81. The molecule has 7 nitrogen and oxygen atoms in total. The van der Waals surface area contributed by atoms with E-state index in [0.717, 1.165) is 11.3 Å². The minimum atomic E-state index is -0.386. The molecule has 0 radical (unpaired) electrons. The van der Waals surface area contributed by atoms with Gasteiger partial charge in [-0.2, -0.15) is 4.68 Å². The van der Waals surface area contributed by atoms with Crippen LogP contribution < -0.4 is 5.32 Å². The number of phenols is 1. The van der Waals surface area contributed by atoms with E-state index in [2.05, 4.69) is 20.8 Å². The number of thioether (sulfide) groups is 1. The smallest absolute Gasteiger partial charge is 0.237 e. The van der Waals surface area contributed by atoms with Crippen LogP contribution in [0.15, 0.2) is 53.7 Å². The number of nitrogens with zero attached hydrogens (tertiary/aromatic N) is 4. The van der Waals surface area contributed by atoms with Gasteiger partial charge < -0.3 is 10.4 Å². The van der Waals surface area contributed by atoms with Crippen molar-refractivity contribution in [3.63, 3.8) is 0 Å². The zero-order chi connectivity index (χ0) is 17.8. The number of phenolic OH excluding ortho intramolecular Hbond substituents is 1. The van der Waals surface area contributed by atoms with Gasteiger partial charge in [-0.1, -0.05) is 29.5 Å². The van der Waals surface area contributed by atoms with Crippen LogP contribution in [-0.2, 0) is 4.79 Å². The summed E-state index contributed by atoms with van der Waals surface area (Å²) in [5, 5.41) is 24.0. The standard InChI is InChI=1S/C17H17N5O2S/c1-11-3-5-13(6-4-11)18-16(24)12(2)25-17-19-20-21-22(17)14-7-9-15(23)10-8-14/h3-10,12,23H,1-2H3,(H,18,24)/t12-/m0/s1. The van der Waals surface area contributed by atoms with E-state index in [4.69, 9.17) is 0 Å². The van der Waals surface area contributed by atoms with Crippen LogP contribution in [0.4, 0.5) is 5.69 Å². The maximum Gasteiger partial charge on any atom is 0.237 e. The van der Waals surface area contributed by atoms with Gasteiger partial charge in [0.1, 0.15) is 5.75 Å². The molecular weight excluding hydrogens is 338 g/mol. The van der Waals surface area contributed by atoms with Gasteiger partial charge in [0.25, 0.3) is 0 Å². The molecule has 1 heterocycles. The molecule has 0 aliphatic heterocycles. The summed E-state index contributed by atoms with van der Waals surface area (Å²) in [7, 11) is 0. The summed E-state index contributed by atoms with van der Waals surface area (Å²) in [5.41, 5.74) is 2.59. The number of carbonyl (C=O) groups excluding carboxylic acids is 1. The third-order valence-electron chi connectivity index (χ3n) is 3.51. The summed E-state index contributed by atoms with van der Waals surface area (Å²) in [5.74, 6) is 0.0333. The Morgan fingerprint density at radius 2 is 1.84 bits per heavy atom. The highest BCUT2D eigenvalue weighted by Crippen LogP contribution is 2.24. The number of aryl methyl sites for hydroxylation is 1. The monoisotopic (exact) mass is 355 g/mol. The molecule has 0 saturated heterocycles. The van der Waals surface area contributed by atoms with E-state index in [9.17, 15) is 9.90 Å². The number of amides is 1. The van der Waals surface area contributed by atoms with Gasteiger partial charge in [0.2, 0.25) is 11.1 Å². The first-order valence-corrected chi connectivity index (χ1v) is 8.53. The van der Waals surface area contributed by atoms with Gasteiger partial charge >= 0.3 is 0 Å². The zero-order valence-corrected chi connectivity index (χ0v) is 14.6. The SMILES string of the molecule is Cc1ccc(NC(=O)[C@H](C)Sc2nnnn2-c2ccc(O)cc2)cc1. The van der Waals surface area contributed by atoms with Crippen molar-refractivity contribution in [2.45, 2.75) is 24.3 Å². The molecule has 128 valence electrons. The van der Waals surface area contributed by atoms with Crippen LogP contribution in [0.2, 0.25) is 0 Å². The predicted molar refractivity (Wildman–Crippen MR) is 95.9 cm³/mol. The molecule has 1 amide bonds. The number of hydrogen-bond donors (Lipinski definition) is 2. The molecule has 8 heteroatoms. The molecule has 0 spiro atoms. The molecule has 0 aliphatic rings. The van der Waals surface area contributed by atoms with Gasteiger partial charge in [-0.05, 0) is 60.7 Å². The number of carbonyl (C=O) groups is 1. The lowest BCUT2D eigenvalue weighted by Gasteiger charge is -2.12. The number of tetrazole rings is 1. The summed E-state index contributed by atoms with van der Waals surface area (Å²) < 4.78 is 1.53. The highest BCUT2D eigenvalue weighted by Gasteiger charge is 2.19. The number of hydrogen-bond acceptors (Lipinski definition) is 6. The van der Waals surface area contributed by atoms with E-state index in [-0.39, 0.29) is 16.9 Å². The lowest BCUT2D eigenvalue weighted by molar-refractivity contribution is -0.115. The molecule has 0 saturated carbocycles. The summed E-state index contributed by atoms with van der Waals surface area (Å²) in [6.45, 7) is 3.79. The Morgan fingerprint density at radius 3 is 2.52 bits per heavy atom. The lowest BCUT2D eigenvalue weighted by atomic mass is 10.2. The lowest BCUT2D eigenvalue weighted by Crippen LogP contribution is -2.22. The largest absolute Gasteiger partial charge is 0.508 e. The summed E-state index contributed by atoms with van der Waals surface area (Å²) >= 11 is 1.26. The molecule has 25 heavy (non-hydrogen) atoms. The van der Waals surface area contributed by atoms with Crippen molar-refractivity contribution in [2.24, 2.45) is 0 Å². The zero-order valence-electron chi connectivity index (χ0n) is 13.7. The van der Waals surface area contributed by atoms with Crippen LogP contribution in [0.1, 0.15) is 12.5 Å². The number of nitrogens with one attached hydrogen (secondary N) is 1. The van der Waals surface area contributed by atoms with Crippen molar-refractivity contribution in [1.29, 1.82) is 0 Å². The Bertz CT molecular complexity index is 862. The number of aromatic nitrogens is 4. The van der Waals surface area contributed by atoms with E-state index in [1.54, 1.807) is 31.2 Å². The Labute approximate surface area is 149 Å². The van der Waals surface area contributed by atoms with Crippen molar-refractivity contribution in [1.82, 2.24) is 20.2 Å². The van der Waals surface area contributed by atoms with E-state index >= 15 is 0 Å². The molecular formula is C17H17N5O2S. The van der Waals surface area contributed by atoms with Crippen molar-refractivity contribution < 1.29 is 9.90 Å². The van der Waals surface area contributed by atoms with Crippen LogP contribution in [0.25, 0.3) is 5.69 Å². The second-order valence-electron chi connectivity index (χ2n) is 5.51. The second kappa shape index (κ2) is 7.35. The minimum Gasteiger partial charge on any atom is -0.508 e. The molecule has 0 fully saturated rings. The summed E-state index contributed by atoms with van der Waals surface area (Å²) in [4.78, 5) is 12.4. The number of aromatic hydroxyl groups is 1. The van der Waals surface area contributed by atoms with Gasteiger partial charge in [0, 0.05) is 5.69 Å². The molecule has 0 unspecified atom stereocenters. The topological polar surface area (TPSA) is 92.9 Å². The fraction of sp³-hybridized carbons (Fsp3) is 0.176. The molecule has 3 aromatic rings. The third kappa shape index (κ3) is 4.16. The van der Waals surface area contributed by atoms with Gasteiger partial charge in [0.15, 0.2) is 0 Å². The van der Waals surface area contributed by atoms with Gasteiger partial charge in [0.05, 0.1) is 10.9 Å². The van der Waals surface area contributed by atoms with Crippen molar-refractivity contribution in [2.75, 3.05) is 5.32 Å². The van der Waals surface area contributed by atoms with E-state index < -0.39 is 0 Å². The van der Waals surface area contributed by atoms with E-state index in [1.165, 1.54) is 16.4 Å². The molecule has 1 atom stereocenters.